The highest BCUT2D eigenvalue weighted by Gasteiger charge is 2.14. The summed E-state index contributed by atoms with van der Waals surface area (Å²) in [5.74, 6) is -0.414. The van der Waals surface area contributed by atoms with Gasteiger partial charge in [-0.05, 0) is 24.3 Å². The summed E-state index contributed by atoms with van der Waals surface area (Å²) in [6.45, 7) is 0.446. The van der Waals surface area contributed by atoms with E-state index in [-0.39, 0.29) is 42.6 Å². The lowest BCUT2D eigenvalue weighted by molar-refractivity contribution is -0.116. The van der Waals surface area contributed by atoms with Gasteiger partial charge in [-0.1, -0.05) is 30.3 Å². The van der Waals surface area contributed by atoms with Crippen LogP contribution in [0.2, 0.25) is 0 Å². The molecule has 0 spiro atoms. The van der Waals surface area contributed by atoms with Crippen molar-refractivity contribution < 1.29 is 22.7 Å². The first-order valence-corrected chi connectivity index (χ1v) is 9.87. The number of sulfonamides is 1. The van der Waals surface area contributed by atoms with E-state index in [4.69, 9.17) is 4.74 Å². The number of carbonyl (C=O) groups is 2. The fraction of sp³-hybridized carbons (Fsp3) is 0.263. The van der Waals surface area contributed by atoms with E-state index in [1.165, 1.54) is 31.4 Å². The minimum Gasteiger partial charge on any atom is -0.383 e. The van der Waals surface area contributed by atoms with Crippen molar-refractivity contribution in [2.75, 3.05) is 25.6 Å². The van der Waals surface area contributed by atoms with Crippen LogP contribution in [0.1, 0.15) is 23.2 Å². The standard InChI is InChI=1S/C19H22N2O5S/c1-26-14-13-20-27(24,25)17-9-7-16(8-10-17)21-19(23)12-11-18(22)15-5-3-2-4-6-15/h2-10,20H,11-14H2,1H3,(H,21,23). The molecule has 2 aromatic carbocycles. The number of methoxy groups -OCH3 is 1. The van der Waals surface area contributed by atoms with Gasteiger partial charge < -0.3 is 10.1 Å². The van der Waals surface area contributed by atoms with E-state index >= 15 is 0 Å². The average molecular weight is 390 g/mol. The highest BCUT2D eigenvalue weighted by Crippen LogP contribution is 2.14. The minimum atomic E-state index is -3.62. The number of nitrogens with one attached hydrogen (secondary N) is 2. The minimum absolute atomic E-state index is 0.0480. The maximum absolute atomic E-state index is 12.1. The average Bonchev–Trinajstić information content (AvgIpc) is 2.67. The van der Waals surface area contributed by atoms with E-state index in [1.807, 2.05) is 6.07 Å². The summed E-state index contributed by atoms with van der Waals surface area (Å²) in [7, 11) is -2.13. The Labute approximate surface area is 158 Å². The molecule has 0 bridgehead atoms. The van der Waals surface area contributed by atoms with E-state index in [1.54, 1.807) is 24.3 Å². The molecule has 0 aliphatic carbocycles. The van der Waals surface area contributed by atoms with Gasteiger partial charge in [0.15, 0.2) is 5.78 Å². The molecular weight excluding hydrogens is 368 g/mol. The monoisotopic (exact) mass is 390 g/mol. The Hall–Kier alpha value is -2.55. The fourth-order valence-electron chi connectivity index (χ4n) is 2.30. The van der Waals surface area contributed by atoms with Gasteiger partial charge in [-0.25, -0.2) is 13.1 Å². The number of carbonyl (C=O) groups excluding carboxylic acids is 2. The highest BCUT2D eigenvalue weighted by atomic mass is 32.2. The van der Waals surface area contributed by atoms with Gasteiger partial charge in [-0.15, -0.1) is 0 Å². The second-order valence-electron chi connectivity index (χ2n) is 5.75. The van der Waals surface area contributed by atoms with Gasteiger partial charge in [-0.2, -0.15) is 0 Å². The van der Waals surface area contributed by atoms with Crippen molar-refractivity contribution in [1.82, 2.24) is 4.72 Å². The van der Waals surface area contributed by atoms with Gasteiger partial charge in [-0.3, -0.25) is 9.59 Å². The number of benzene rings is 2. The number of rotatable bonds is 10. The topological polar surface area (TPSA) is 102 Å². The lowest BCUT2D eigenvalue weighted by atomic mass is 10.1. The molecule has 7 nitrogen and oxygen atoms in total. The third-order valence-corrected chi connectivity index (χ3v) is 5.20. The Kier molecular flexibility index (Phi) is 7.66. The molecular formula is C19H22N2O5S. The highest BCUT2D eigenvalue weighted by molar-refractivity contribution is 7.89. The Morgan fingerprint density at radius 1 is 0.963 bits per heavy atom. The summed E-state index contributed by atoms with van der Waals surface area (Å²) in [4.78, 5) is 24.1. The number of ether oxygens (including phenoxy) is 1. The van der Waals surface area contributed by atoms with Crippen molar-refractivity contribution in [3.05, 3.63) is 60.2 Å². The van der Waals surface area contributed by atoms with Crippen LogP contribution in [0.15, 0.2) is 59.5 Å². The molecule has 27 heavy (non-hydrogen) atoms. The SMILES string of the molecule is COCCNS(=O)(=O)c1ccc(NC(=O)CCC(=O)c2ccccc2)cc1. The number of Topliss-reactive ketones (excluding diaryl/α,β-unsaturated/α-hetero) is 1. The molecule has 0 heterocycles. The molecule has 8 heteroatoms. The van der Waals surface area contributed by atoms with Crippen molar-refractivity contribution in [1.29, 1.82) is 0 Å². The summed E-state index contributed by atoms with van der Waals surface area (Å²) in [5.41, 5.74) is 1.03. The molecule has 0 saturated carbocycles. The molecule has 144 valence electrons. The Morgan fingerprint density at radius 2 is 1.63 bits per heavy atom. The summed E-state index contributed by atoms with van der Waals surface area (Å²) in [6, 6.07) is 14.6. The summed E-state index contributed by atoms with van der Waals surface area (Å²) in [5, 5.41) is 2.65. The molecule has 0 unspecified atom stereocenters. The van der Waals surface area contributed by atoms with Gasteiger partial charge in [0.05, 0.1) is 11.5 Å². The van der Waals surface area contributed by atoms with Crippen LogP contribution in [0.25, 0.3) is 0 Å². The third-order valence-electron chi connectivity index (χ3n) is 3.72. The van der Waals surface area contributed by atoms with E-state index in [2.05, 4.69) is 10.0 Å². The molecule has 0 aliphatic rings. The van der Waals surface area contributed by atoms with Crippen LogP contribution in [-0.2, 0) is 19.6 Å². The molecule has 1 amide bonds. The van der Waals surface area contributed by atoms with Crippen LogP contribution in [0.5, 0.6) is 0 Å². The number of ketones is 1. The van der Waals surface area contributed by atoms with Crippen LogP contribution in [-0.4, -0.2) is 40.4 Å². The lowest BCUT2D eigenvalue weighted by Crippen LogP contribution is -2.27. The fourth-order valence-corrected chi connectivity index (χ4v) is 3.31. The lowest BCUT2D eigenvalue weighted by Gasteiger charge is -2.08. The molecule has 2 rings (SSSR count). The van der Waals surface area contributed by atoms with E-state index in [0.29, 0.717) is 11.3 Å². The van der Waals surface area contributed by atoms with Crippen molar-refractivity contribution in [2.45, 2.75) is 17.7 Å². The van der Waals surface area contributed by atoms with Crippen molar-refractivity contribution in [3.63, 3.8) is 0 Å². The van der Waals surface area contributed by atoms with E-state index in [9.17, 15) is 18.0 Å². The molecule has 0 aromatic heterocycles. The number of hydrogen-bond donors (Lipinski definition) is 2. The smallest absolute Gasteiger partial charge is 0.240 e. The van der Waals surface area contributed by atoms with Gasteiger partial charge in [0.25, 0.3) is 0 Å². The largest absolute Gasteiger partial charge is 0.383 e. The van der Waals surface area contributed by atoms with E-state index in [0.717, 1.165) is 0 Å². The zero-order valence-electron chi connectivity index (χ0n) is 15.0. The molecule has 0 atom stereocenters. The second-order valence-corrected chi connectivity index (χ2v) is 7.52. The summed E-state index contributed by atoms with van der Waals surface area (Å²) < 4.78 is 31.3. The maximum Gasteiger partial charge on any atom is 0.240 e. The molecule has 2 aromatic rings. The van der Waals surface area contributed by atoms with Gasteiger partial charge in [0.1, 0.15) is 0 Å². The summed E-state index contributed by atoms with van der Waals surface area (Å²) >= 11 is 0. The number of amides is 1. The Morgan fingerprint density at radius 3 is 2.26 bits per heavy atom. The van der Waals surface area contributed by atoms with Crippen LogP contribution in [0, 0.1) is 0 Å². The third kappa shape index (κ3) is 6.59. The first-order chi connectivity index (χ1) is 12.9. The maximum atomic E-state index is 12.1. The second kappa shape index (κ2) is 9.96. The van der Waals surface area contributed by atoms with Crippen molar-refractivity contribution >= 4 is 27.4 Å². The number of anilines is 1. The summed E-state index contributed by atoms with van der Waals surface area (Å²) in [6.07, 6.45) is 0.151. The number of hydrogen-bond acceptors (Lipinski definition) is 5. The van der Waals surface area contributed by atoms with Crippen LogP contribution < -0.4 is 10.0 Å². The predicted molar refractivity (Wildman–Crippen MR) is 102 cm³/mol. The van der Waals surface area contributed by atoms with Crippen molar-refractivity contribution in [3.8, 4) is 0 Å². The first kappa shape index (κ1) is 20.8. The molecule has 0 saturated heterocycles. The van der Waals surface area contributed by atoms with E-state index < -0.39 is 10.0 Å². The van der Waals surface area contributed by atoms with Gasteiger partial charge in [0.2, 0.25) is 15.9 Å². The van der Waals surface area contributed by atoms with Crippen LogP contribution in [0.3, 0.4) is 0 Å². The first-order valence-electron chi connectivity index (χ1n) is 8.39. The predicted octanol–water partition coefficient (Wildman–Crippen LogP) is 2.21. The Bertz CT molecular complexity index is 865. The van der Waals surface area contributed by atoms with Crippen LogP contribution in [0.4, 0.5) is 5.69 Å². The van der Waals surface area contributed by atoms with Crippen LogP contribution >= 0.6 is 0 Å². The van der Waals surface area contributed by atoms with Crippen molar-refractivity contribution in [2.24, 2.45) is 0 Å². The molecule has 0 radical (unpaired) electrons. The van der Waals surface area contributed by atoms with Gasteiger partial charge >= 0.3 is 0 Å². The Balaban J connectivity index is 1.86. The quantitative estimate of drug-likeness (QED) is 0.478. The molecule has 0 aliphatic heterocycles. The zero-order valence-corrected chi connectivity index (χ0v) is 15.8. The molecule has 0 fully saturated rings. The zero-order chi connectivity index (χ0) is 19.7. The van der Waals surface area contributed by atoms with Gasteiger partial charge in [0, 0.05) is 37.7 Å². The molecule has 2 N–H and O–H groups in total. The normalized spacial score (nSPS) is 11.1.